The molecule has 0 aliphatic rings. The lowest BCUT2D eigenvalue weighted by Gasteiger charge is -2.14. The van der Waals surface area contributed by atoms with Gasteiger partial charge in [-0.25, -0.2) is 14.2 Å². The molecule has 0 amide bonds. The highest BCUT2D eigenvalue weighted by molar-refractivity contribution is 6.29. The molecular formula is C26H24ClFN2O4. The maximum Gasteiger partial charge on any atom is 0.335 e. The topological polar surface area (TPSA) is 81.4 Å². The zero-order valence-corrected chi connectivity index (χ0v) is 19.8. The second-order valence-corrected chi connectivity index (χ2v) is 8.52. The molecule has 176 valence electrons. The fourth-order valence-corrected chi connectivity index (χ4v) is 3.39. The number of methoxy groups -OCH3 is 1. The van der Waals surface area contributed by atoms with Crippen LogP contribution in [0.1, 0.15) is 57.9 Å². The summed E-state index contributed by atoms with van der Waals surface area (Å²) in [6.07, 6.45) is 0.536. The van der Waals surface area contributed by atoms with Crippen LogP contribution in [0.15, 0.2) is 48.5 Å². The summed E-state index contributed by atoms with van der Waals surface area (Å²) in [5.74, 6) is 4.29. The summed E-state index contributed by atoms with van der Waals surface area (Å²) >= 11 is 6.39. The Hall–Kier alpha value is -3.47. The molecular weight excluding hydrogens is 459 g/mol. The van der Waals surface area contributed by atoms with Gasteiger partial charge in [-0.3, -0.25) is 4.79 Å². The Kier molecular flexibility index (Phi) is 7.87. The standard InChI is InChI=1S/C26H24ClFN2O4/c1-26(2,34-3)15-14-21-23(22(31)13-8-17-4-9-19(10-5-17)24(32)33)30(25(27)29-21)16-18-6-11-20(28)12-7-18/h4-7,9-12H,8,13,16H2,1-3H3,(H,32,33). The van der Waals surface area contributed by atoms with Crippen molar-refractivity contribution >= 4 is 23.4 Å². The van der Waals surface area contributed by atoms with Gasteiger partial charge in [0.2, 0.25) is 5.28 Å². The number of halogens is 2. The third-order valence-corrected chi connectivity index (χ3v) is 5.56. The Balaban J connectivity index is 1.93. The number of hydrogen-bond donors (Lipinski definition) is 1. The fraction of sp³-hybridized carbons (Fsp3) is 0.269. The minimum Gasteiger partial charge on any atom is -0.478 e. The van der Waals surface area contributed by atoms with Crippen molar-refractivity contribution in [3.63, 3.8) is 0 Å². The quantitative estimate of drug-likeness (QED) is 0.360. The smallest absolute Gasteiger partial charge is 0.335 e. The summed E-state index contributed by atoms with van der Waals surface area (Å²) in [4.78, 5) is 28.7. The molecule has 2 aromatic carbocycles. The second kappa shape index (κ2) is 10.6. The lowest BCUT2D eigenvalue weighted by Crippen LogP contribution is -2.19. The van der Waals surface area contributed by atoms with E-state index in [0.29, 0.717) is 6.42 Å². The number of Topliss-reactive ketones (excluding diaryl/α,β-unsaturated/α-hetero) is 1. The van der Waals surface area contributed by atoms with Gasteiger partial charge < -0.3 is 14.4 Å². The zero-order chi connectivity index (χ0) is 24.9. The van der Waals surface area contributed by atoms with Gasteiger partial charge in [-0.05, 0) is 73.2 Å². The van der Waals surface area contributed by atoms with Crippen molar-refractivity contribution in [2.45, 2.75) is 38.8 Å². The minimum absolute atomic E-state index is 0.0954. The van der Waals surface area contributed by atoms with Gasteiger partial charge in [-0.1, -0.05) is 30.2 Å². The monoisotopic (exact) mass is 482 g/mol. The van der Waals surface area contributed by atoms with Gasteiger partial charge in [0.15, 0.2) is 5.78 Å². The summed E-state index contributed by atoms with van der Waals surface area (Å²) in [5, 5.41) is 9.14. The molecule has 1 N–H and O–H groups in total. The van der Waals surface area contributed by atoms with E-state index >= 15 is 0 Å². The van der Waals surface area contributed by atoms with E-state index in [2.05, 4.69) is 16.8 Å². The zero-order valence-electron chi connectivity index (χ0n) is 19.1. The van der Waals surface area contributed by atoms with Crippen LogP contribution >= 0.6 is 11.6 Å². The van der Waals surface area contributed by atoms with E-state index in [1.165, 1.54) is 31.4 Å². The predicted molar refractivity (Wildman–Crippen MR) is 127 cm³/mol. The van der Waals surface area contributed by atoms with Crippen LogP contribution in [-0.2, 0) is 17.7 Å². The van der Waals surface area contributed by atoms with Gasteiger partial charge in [0.25, 0.3) is 0 Å². The number of ether oxygens (including phenoxy) is 1. The third-order valence-electron chi connectivity index (χ3n) is 5.27. The van der Waals surface area contributed by atoms with Crippen molar-refractivity contribution in [1.82, 2.24) is 9.55 Å². The third kappa shape index (κ3) is 6.31. The summed E-state index contributed by atoms with van der Waals surface area (Å²) in [6.45, 7) is 3.80. The lowest BCUT2D eigenvalue weighted by atomic mass is 10.0. The van der Waals surface area contributed by atoms with Crippen LogP contribution in [0.2, 0.25) is 5.28 Å². The Morgan fingerprint density at radius 2 is 1.74 bits per heavy atom. The highest BCUT2D eigenvalue weighted by atomic mass is 35.5. The molecule has 0 spiro atoms. The van der Waals surface area contributed by atoms with Crippen LogP contribution in [0, 0.1) is 17.7 Å². The first-order chi connectivity index (χ1) is 16.1. The van der Waals surface area contributed by atoms with E-state index < -0.39 is 11.6 Å². The summed E-state index contributed by atoms with van der Waals surface area (Å²) < 4.78 is 20.2. The van der Waals surface area contributed by atoms with Crippen molar-refractivity contribution < 1.29 is 23.8 Å². The van der Waals surface area contributed by atoms with Crippen molar-refractivity contribution in [3.05, 3.63) is 87.7 Å². The van der Waals surface area contributed by atoms with Crippen LogP contribution in [0.3, 0.4) is 0 Å². The largest absolute Gasteiger partial charge is 0.478 e. The Labute approximate surface area is 202 Å². The maximum absolute atomic E-state index is 13.3. The number of imidazole rings is 1. The number of carboxylic acid groups (broad SMARTS) is 1. The summed E-state index contributed by atoms with van der Waals surface area (Å²) in [7, 11) is 1.54. The number of aromatic nitrogens is 2. The number of carbonyl (C=O) groups is 2. The van der Waals surface area contributed by atoms with Gasteiger partial charge in [0.1, 0.15) is 22.8 Å². The van der Waals surface area contributed by atoms with Crippen molar-refractivity contribution in [1.29, 1.82) is 0 Å². The van der Waals surface area contributed by atoms with Gasteiger partial charge >= 0.3 is 5.97 Å². The molecule has 1 aromatic heterocycles. The number of carbonyl (C=O) groups excluding carboxylic acids is 1. The number of hydrogen-bond acceptors (Lipinski definition) is 4. The molecule has 34 heavy (non-hydrogen) atoms. The maximum atomic E-state index is 13.3. The average Bonchev–Trinajstić information content (AvgIpc) is 3.13. The second-order valence-electron chi connectivity index (χ2n) is 8.18. The summed E-state index contributed by atoms with van der Waals surface area (Å²) in [5.41, 5.74) is 1.49. The van der Waals surface area contributed by atoms with Crippen LogP contribution in [0.25, 0.3) is 0 Å². The number of benzene rings is 2. The normalized spacial score (nSPS) is 11.1. The van der Waals surface area contributed by atoms with Gasteiger partial charge in [0.05, 0.1) is 12.1 Å². The molecule has 3 aromatic rings. The Morgan fingerprint density at radius 1 is 1.12 bits per heavy atom. The van der Waals surface area contributed by atoms with Gasteiger partial charge in [-0.2, -0.15) is 0 Å². The van der Waals surface area contributed by atoms with E-state index in [4.69, 9.17) is 21.4 Å². The number of rotatable bonds is 8. The van der Waals surface area contributed by atoms with Crippen LogP contribution in [-0.4, -0.2) is 39.1 Å². The number of ketones is 1. The Morgan fingerprint density at radius 3 is 2.32 bits per heavy atom. The fourth-order valence-electron chi connectivity index (χ4n) is 3.16. The molecule has 1 heterocycles. The number of carboxylic acids is 1. The van der Waals surface area contributed by atoms with E-state index in [0.717, 1.165) is 11.1 Å². The molecule has 6 nitrogen and oxygen atoms in total. The molecule has 0 bridgehead atoms. The number of nitrogens with zero attached hydrogens (tertiary/aromatic N) is 2. The molecule has 0 aliphatic heterocycles. The molecule has 0 radical (unpaired) electrons. The number of aryl methyl sites for hydroxylation is 1. The van der Waals surface area contributed by atoms with E-state index in [-0.39, 0.29) is 46.8 Å². The van der Waals surface area contributed by atoms with Crippen molar-refractivity contribution in [3.8, 4) is 11.8 Å². The van der Waals surface area contributed by atoms with Gasteiger partial charge in [0, 0.05) is 13.5 Å². The Bertz CT molecular complexity index is 1250. The van der Waals surface area contributed by atoms with E-state index in [1.54, 1.807) is 42.7 Å². The summed E-state index contributed by atoms with van der Waals surface area (Å²) in [6, 6.07) is 12.3. The first-order valence-corrected chi connectivity index (χ1v) is 10.9. The van der Waals surface area contributed by atoms with E-state index in [9.17, 15) is 14.0 Å². The first-order valence-electron chi connectivity index (χ1n) is 10.5. The minimum atomic E-state index is -1.01. The predicted octanol–water partition coefficient (Wildman–Crippen LogP) is 5.01. The van der Waals surface area contributed by atoms with Crippen LogP contribution < -0.4 is 0 Å². The lowest BCUT2D eigenvalue weighted by molar-refractivity contribution is 0.0696. The van der Waals surface area contributed by atoms with Crippen LogP contribution in [0.4, 0.5) is 4.39 Å². The molecule has 0 unspecified atom stereocenters. The average molecular weight is 483 g/mol. The molecule has 8 heteroatoms. The molecule has 0 aliphatic carbocycles. The van der Waals surface area contributed by atoms with Crippen molar-refractivity contribution in [2.24, 2.45) is 0 Å². The highest BCUT2D eigenvalue weighted by Gasteiger charge is 2.22. The van der Waals surface area contributed by atoms with Gasteiger partial charge in [-0.15, -0.1) is 0 Å². The first kappa shape index (κ1) is 25.2. The SMILES string of the molecule is COC(C)(C)C#Cc1nc(Cl)n(Cc2ccc(F)cc2)c1C(=O)CCc1ccc(C(=O)O)cc1. The molecule has 0 saturated carbocycles. The molecule has 0 fully saturated rings. The van der Waals surface area contributed by atoms with Crippen molar-refractivity contribution in [2.75, 3.05) is 7.11 Å². The highest BCUT2D eigenvalue weighted by Crippen LogP contribution is 2.22. The molecule has 0 saturated heterocycles. The molecule has 0 atom stereocenters. The van der Waals surface area contributed by atoms with E-state index in [1.807, 2.05) is 0 Å². The number of aromatic carboxylic acids is 1. The molecule has 3 rings (SSSR count). The van der Waals surface area contributed by atoms with Crippen LogP contribution in [0.5, 0.6) is 0 Å².